The monoisotopic (exact) mass is 294 g/mol. The Bertz CT molecular complexity index is 457. The van der Waals surface area contributed by atoms with Crippen molar-refractivity contribution in [2.45, 2.75) is 51.0 Å². The maximum atomic E-state index is 13.3. The molecule has 2 heterocycles. The summed E-state index contributed by atoms with van der Waals surface area (Å²) in [4.78, 5) is 28.2. The molecule has 0 aromatic rings. The van der Waals surface area contributed by atoms with Crippen LogP contribution in [0.4, 0.5) is 4.39 Å². The number of likely N-dealkylation sites (tertiary alicyclic amines) is 1. The Kier molecular flexibility index (Phi) is 4.27. The molecule has 0 aromatic heterocycles. The Morgan fingerprint density at radius 3 is 2.71 bits per heavy atom. The van der Waals surface area contributed by atoms with Crippen LogP contribution >= 0.6 is 0 Å². The molecule has 2 amide bonds. The summed E-state index contributed by atoms with van der Waals surface area (Å²) in [6, 6.07) is 0.321. The number of carbonyl (C=O) groups is 2. The van der Waals surface area contributed by atoms with Crippen LogP contribution in [0.3, 0.4) is 0 Å². The van der Waals surface area contributed by atoms with E-state index in [1.54, 1.807) is 4.90 Å². The van der Waals surface area contributed by atoms with E-state index in [9.17, 15) is 14.0 Å². The van der Waals surface area contributed by atoms with Gasteiger partial charge in [-0.15, -0.1) is 0 Å². The van der Waals surface area contributed by atoms with Gasteiger partial charge in [-0.2, -0.15) is 0 Å². The van der Waals surface area contributed by atoms with Crippen LogP contribution in [0.15, 0.2) is 11.9 Å². The van der Waals surface area contributed by atoms with Gasteiger partial charge in [0.1, 0.15) is 5.83 Å². The molecule has 1 unspecified atom stereocenters. The van der Waals surface area contributed by atoms with E-state index in [1.807, 2.05) is 4.90 Å². The molecule has 0 bridgehead atoms. The van der Waals surface area contributed by atoms with Crippen LogP contribution in [-0.2, 0) is 9.59 Å². The van der Waals surface area contributed by atoms with Crippen molar-refractivity contribution >= 4 is 11.8 Å². The SMILES string of the molecule is O=C(C1CC(=O)N(C2CCCCC2)C1)N1CCC=C(F)C1. The lowest BCUT2D eigenvalue weighted by Crippen LogP contribution is -2.42. The topological polar surface area (TPSA) is 40.6 Å². The van der Waals surface area contributed by atoms with Gasteiger partial charge in [0.25, 0.3) is 0 Å². The smallest absolute Gasteiger partial charge is 0.228 e. The standard InChI is InChI=1S/C16H23FN2O2/c17-13-5-4-8-18(11-13)16(21)12-9-15(20)19(10-12)14-6-2-1-3-7-14/h5,12,14H,1-4,6-11H2. The van der Waals surface area contributed by atoms with E-state index in [0.29, 0.717) is 32.0 Å². The molecule has 1 saturated heterocycles. The van der Waals surface area contributed by atoms with Gasteiger partial charge in [-0.1, -0.05) is 19.3 Å². The minimum absolute atomic E-state index is 0.0510. The second-order valence-electron chi connectivity index (χ2n) is 6.44. The number of amides is 2. The highest BCUT2D eigenvalue weighted by Gasteiger charge is 2.39. The predicted molar refractivity (Wildman–Crippen MR) is 77.1 cm³/mol. The summed E-state index contributed by atoms with van der Waals surface area (Å²) in [7, 11) is 0. The van der Waals surface area contributed by atoms with Crippen molar-refractivity contribution in [2.75, 3.05) is 19.6 Å². The van der Waals surface area contributed by atoms with Crippen molar-refractivity contribution in [1.29, 1.82) is 0 Å². The van der Waals surface area contributed by atoms with Gasteiger partial charge in [0.05, 0.1) is 12.5 Å². The second kappa shape index (κ2) is 6.16. The van der Waals surface area contributed by atoms with Gasteiger partial charge in [0.2, 0.25) is 11.8 Å². The van der Waals surface area contributed by atoms with Crippen LogP contribution < -0.4 is 0 Å². The summed E-state index contributed by atoms with van der Waals surface area (Å²) in [6.45, 7) is 1.18. The molecule has 116 valence electrons. The molecule has 4 nitrogen and oxygen atoms in total. The first-order chi connectivity index (χ1) is 10.1. The maximum Gasteiger partial charge on any atom is 0.228 e. The second-order valence-corrected chi connectivity index (χ2v) is 6.44. The van der Waals surface area contributed by atoms with Crippen LogP contribution in [0.5, 0.6) is 0 Å². The zero-order valence-electron chi connectivity index (χ0n) is 12.4. The highest BCUT2D eigenvalue weighted by molar-refractivity contribution is 5.89. The Morgan fingerprint density at radius 2 is 2.00 bits per heavy atom. The summed E-state index contributed by atoms with van der Waals surface area (Å²) >= 11 is 0. The molecule has 0 spiro atoms. The fourth-order valence-electron chi connectivity index (χ4n) is 3.79. The third-order valence-corrected chi connectivity index (χ3v) is 4.94. The van der Waals surface area contributed by atoms with Crippen molar-refractivity contribution in [3.05, 3.63) is 11.9 Å². The molecule has 2 aliphatic heterocycles. The molecule has 0 aromatic carbocycles. The zero-order valence-corrected chi connectivity index (χ0v) is 12.4. The fraction of sp³-hybridized carbons (Fsp3) is 0.750. The van der Waals surface area contributed by atoms with E-state index in [1.165, 1.54) is 25.3 Å². The summed E-state index contributed by atoms with van der Waals surface area (Å²) in [5.74, 6) is -0.452. The number of nitrogens with zero attached hydrogens (tertiary/aromatic N) is 2. The molecule has 3 aliphatic rings. The highest BCUT2D eigenvalue weighted by atomic mass is 19.1. The molecular formula is C16H23FN2O2. The normalized spacial score (nSPS) is 28.0. The van der Waals surface area contributed by atoms with Gasteiger partial charge in [0.15, 0.2) is 0 Å². The number of hydrogen-bond donors (Lipinski definition) is 0. The van der Waals surface area contributed by atoms with Crippen molar-refractivity contribution in [1.82, 2.24) is 9.80 Å². The minimum Gasteiger partial charge on any atom is -0.339 e. The quantitative estimate of drug-likeness (QED) is 0.784. The summed E-state index contributed by atoms with van der Waals surface area (Å²) < 4.78 is 13.3. The number of rotatable bonds is 2. The lowest BCUT2D eigenvalue weighted by molar-refractivity contribution is -0.135. The lowest BCUT2D eigenvalue weighted by Gasteiger charge is -2.32. The molecule has 21 heavy (non-hydrogen) atoms. The van der Waals surface area contributed by atoms with Crippen molar-refractivity contribution in [2.24, 2.45) is 5.92 Å². The number of carbonyl (C=O) groups excluding carboxylic acids is 2. The van der Waals surface area contributed by atoms with Crippen molar-refractivity contribution in [3.63, 3.8) is 0 Å². The predicted octanol–water partition coefficient (Wildman–Crippen LogP) is 2.25. The highest BCUT2D eigenvalue weighted by Crippen LogP contribution is 2.29. The largest absolute Gasteiger partial charge is 0.339 e. The van der Waals surface area contributed by atoms with E-state index in [4.69, 9.17) is 0 Å². The van der Waals surface area contributed by atoms with E-state index >= 15 is 0 Å². The molecule has 0 radical (unpaired) electrons. The first kappa shape index (κ1) is 14.5. The van der Waals surface area contributed by atoms with Crippen LogP contribution in [-0.4, -0.2) is 47.3 Å². The van der Waals surface area contributed by atoms with E-state index < -0.39 is 0 Å². The van der Waals surface area contributed by atoms with E-state index in [-0.39, 0.29) is 30.1 Å². The van der Waals surface area contributed by atoms with Crippen LogP contribution in [0.2, 0.25) is 0 Å². The van der Waals surface area contributed by atoms with Crippen molar-refractivity contribution in [3.8, 4) is 0 Å². The van der Waals surface area contributed by atoms with Gasteiger partial charge in [-0.05, 0) is 25.3 Å². The minimum atomic E-state index is -0.273. The van der Waals surface area contributed by atoms with Crippen LogP contribution in [0, 0.1) is 5.92 Å². The Hall–Kier alpha value is -1.39. The Labute approximate surface area is 125 Å². The summed E-state index contributed by atoms with van der Waals surface area (Å²) in [5.41, 5.74) is 0. The molecule has 1 atom stereocenters. The first-order valence-corrected chi connectivity index (χ1v) is 8.08. The molecule has 3 rings (SSSR count). The summed E-state index contributed by atoms with van der Waals surface area (Å²) in [5, 5.41) is 0. The lowest BCUT2D eigenvalue weighted by atomic mass is 9.94. The average molecular weight is 294 g/mol. The first-order valence-electron chi connectivity index (χ1n) is 8.08. The van der Waals surface area contributed by atoms with Crippen LogP contribution in [0.1, 0.15) is 44.9 Å². The zero-order chi connectivity index (χ0) is 14.8. The van der Waals surface area contributed by atoms with Gasteiger partial charge >= 0.3 is 0 Å². The molecule has 5 heteroatoms. The van der Waals surface area contributed by atoms with Crippen LogP contribution in [0.25, 0.3) is 0 Å². The van der Waals surface area contributed by atoms with E-state index in [2.05, 4.69) is 0 Å². The third-order valence-electron chi connectivity index (χ3n) is 4.94. The van der Waals surface area contributed by atoms with E-state index in [0.717, 1.165) is 12.8 Å². The fourth-order valence-corrected chi connectivity index (χ4v) is 3.79. The third kappa shape index (κ3) is 3.11. The Morgan fingerprint density at radius 1 is 1.24 bits per heavy atom. The molecule has 2 fully saturated rings. The molecule has 1 saturated carbocycles. The van der Waals surface area contributed by atoms with Gasteiger partial charge < -0.3 is 9.80 Å². The Balaban J connectivity index is 1.61. The van der Waals surface area contributed by atoms with Gasteiger partial charge in [-0.25, -0.2) is 4.39 Å². The molecule has 0 N–H and O–H groups in total. The van der Waals surface area contributed by atoms with Gasteiger partial charge in [-0.3, -0.25) is 9.59 Å². The summed E-state index contributed by atoms with van der Waals surface area (Å²) in [6.07, 6.45) is 8.14. The molecular weight excluding hydrogens is 271 g/mol. The number of hydrogen-bond acceptors (Lipinski definition) is 2. The molecule has 1 aliphatic carbocycles. The average Bonchev–Trinajstić information content (AvgIpc) is 2.89. The van der Waals surface area contributed by atoms with Gasteiger partial charge in [0, 0.05) is 25.6 Å². The maximum absolute atomic E-state index is 13.3. The van der Waals surface area contributed by atoms with Crippen molar-refractivity contribution < 1.29 is 14.0 Å². The number of halogens is 1.